The van der Waals surface area contributed by atoms with Crippen molar-refractivity contribution < 1.29 is 89.2 Å². The van der Waals surface area contributed by atoms with Gasteiger partial charge < -0.3 is 23.5 Å². The predicted molar refractivity (Wildman–Crippen MR) is 184 cm³/mol. The van der Waals surface area contributed by atoms with Crippen molar-refractivity contribution in [2.45, 2.75) is 0 Å². The molecule has 0 saturated heterocycles. The third kappa shape index (κ3) is 11.6. The fraction of sp³-hybridized carbons (Fsp3) is 0. The largest absolute Gasteiger partial charge is 1.00 e. The summed E-state index contributed by atoms with van der Waals surface area (Å²) in [5.41, 5.74) is 1.06. The van der Waals surface area contributed by atoms with Crippen molar-refractivity contribution in [2.24, 2.45) is 0 Å². The summed E-state index contributed by atoms with van der Waals surface area (Å²) in [4.78, 5) is 48.3. The van der Waals surface area contributed by atoms with Crippen LogP contribution in [0.25, 0.3) is 0 Å². The van der Waals surface area contributed by atoms with E-state index in [-0.39, 0.29) is 73.6 Å². The smallest absolute Gasteiger partial charge is 0.545 e. The van der Waals surface area contributed by atoms with Gasteiger partial charge in [-0.25, -0.2) is 14.4 Å². The maximum Gasteiger partial charge on any atom is 1.00 e. The van der Waals surface area contributed by atoms with Gasteiger partial charge in [-0.1, -0.05) is 54.6 Å². The van der Waals surface area contributed by atoms with Crippen LogP contribution in [0.2, 0.25) is 0 Å². The minimum absolute atomic E-state index is 0. The van der Waals surface area contributed by atoms with Gasteiger partial charge in [-0.2, -0.15) is 0 Å². The van der Waals surface area contributed by atoms with Crippen LogP contribution in [0.5, 0.6) is 0 Å². The number of rotatable bonds is 7. The molecule has 0 aliphatic rings. The van der Waals surface area contributed by atoms with E-state index in [4.69, 9.17) is 13.6 Å². The van der Waals surface area contributed by atoms with E-state index in [1.807, 2.05) is 90.4 Å². The van der Waals surface area contributed by atoms with Crippen molar-refractivity contribution in [1.82, 2.24) is 0 Å². The third-order valence-corrected chi connectivity index (χ3v) is 9.55. The van der Waals surface area contributed by atoms with Crippen LogP contribution in [0, 0.1) is 14.3 Å². The molecule has 14 heteroatoms. The summed E-state index contributed by atoms with van der Waals surface area (Å²) in [5.74, 6) is -3.41. The van der Waals surface area contributed by atoms with Crippen molar-refractivity contribution >= 4 is 123 Å². The predicted octanol–water partition coefficient (Wildman–Crippen LogP) is 4.26. The van der Waals surface area contributed by atoms with Crippen LogP contribution in [0.4, 0.5) is 0 Å². The Hall–Kier alpha value is -0.254. The quantitative estimate of drug-likeness (QED) is 0.153. The van der Waals surface area contributed by atoms with E-state index in [9.17, 15) is 24.3 Å². The van der Waals surface area contributed by atoms with E-state index in [1.54, 1.807) is 91.0 Å². The molecule has 0 aliphatic heterocycles. The van der Waals surface area contributed by atoms with Crippen molar-refractivity contribution in [3.63, 3.8) is 0 Å². The fourth-order valence-corrected chi connectivity index (χ4v) is 6.16. The number of carboxylic acid groups (broad SMARTS) is 1. The summed E-state index contributed by atoms with van der Waals surface area (Å²) in [6.07, 6.45) is 0. The summed E-state index contributed by atoms with van der Waals surface area (Å²) in [5, 5.41) is 10.3. The maximum atomic E-state index is 12.6. The molecule has 0 heterocycles. The summed E-state index contributed by atoms with van der Waals surface area (Å²) in [6, 6.07) is 27.0. The van der Waals surface area contributed by atoms with Gasteiger partial charge in [0.15, 0.2) is 0 Å². The molecule has 0 N–H and O–H groups in total. The Bertz CT molecular complexity index is 1450. The van der Waals surface area contributed by atoms with Gasteiger partial charge in [0.2, 0.25) is 0 Å². The van der Waals surface area contributed by atoms with Gasteiger partial charge in [-0.15, -0.1) is 0 Å². The van der Waals surface area contributed by atoms with Gasteiger partial charge in [-0.05, 0) is 133 Å². The number of carbonyl (C=O) groups is 4. The van der Waals surface area contributed by atoms with E-state index < -0.39 is 32.5 Å². The van der Waals surface area contributed by atoms with Crippen molar-refractivity contribution in [3.8, 4) is 0 Å². The zero-order chi connectivity index (χ0) is 29.9. The molecule has 4 aromatic rings. The van der Waals surface area contributed by atoms with Crippen molar-refractivity contribution in [2.75, 3.05) is 0 Å². The van der Waals surface area contributed by atoms with Crippen LogP contribution < -0.4 is 56.5 Å². The summed E-state index contributed by atoms with van der Waals surface area (Å²) in [6.45, 7) is 0. The maximum absolute atomic E-state index is 12.6. The first-order valence-corrected chi connectivity index (χ1v) is 16.7. The second kappa shape index (κ2) is 19.3. The minimum atomic E-state index is -2.65. The molecule has 0 saturated carbocycles. The number of halogens is 4. The average Bonchev–Trinajstić information content (AvgIpc) is 2.94. The summed E-state index contributed by atoms with van der Waals surface area (Å²) >= 11 is 7.92. The van der Waals surface area contributed by atoms with E-state index in [1.165, 1.54) is 6.07 Å². The van der Waals surface area contributed by atoms with Crippen molar-refractivity contribution in [1.29, 1.82) is 0 Å². The van der Waals surface area contributed by atoms with Gasteiger partial charge >= 0.3 is 77.9 Å². The van der Waals surface area contributed by atoms with Gasteiger partial charge in [0, 0.05) is 19.8 Å². The fourth-order valence-electron chi connectivity index (χ4n) is 2.91. The monoisotopic (exact) mass is 1060 g/mol. The molecule has 210 valence electrons. The standard InChI is InChI=1S/C21H12I3O6P.C7H5IO2.K/c22-16-10-4-1-7-13(16)19(25)28-31(29-20(26)14-8-2-5-11-17(14)23)30-21(27)15-9-3-6-12-18(15)24;8-6-4-2-1-3-5(6)7(9)10;/h1-12H;1-4H,(H,9,10);/q;;+1/p-1. The second-order valence-electron chi connectivity index (χ2n) is 7.57. The Morgan fingerprint density at radius 2 is 0.714 bits per heavy atom. The van der Waals surface area contributed by atoms with Crippen LogP contribution in [0.15, 0.2) is 97.1 Å². The Morgan fingerprint density at radius 1 is 0.476 bits per heavy atom. The van der Waals surface area contributed by atoms with E-state index >= 15 is 0 Å². The normalized spacial score (nSPS) is 9.93. The first-order valence-electron chi connectivity index (χ1n) is 11.2. The molecular weight excluding hydrogens is 1040 g/mol. The van der Waals surface area contributed by atoms with E-state index in [2.05, 4.69) is 0 Å². The van der Waals surface area contributed by atoms with E-state index in [0.717, 1.165) is 0 Å². The Kier molecular flexibility index (Phi) is 17.4. The van der Waals surface area contributed by atoms with Crippen LogP contribution in [0.1, 0.15) is 41.4 Å². The molecule has 42 heavy (non-hydrogen) atoms. The van der Waals surface area contributed by atoms with E-state index in [0.29, 0.717) is 14.3 Å². The Labute approximate surface area is 340 Å². The van der Waals surface area contributed by atoms with Gasteiger partial charge in [-0.3, -0.25) is 0 Å². The first kappa shape index (κ1) is 37.9. The molecule has 4 aromatic carbocycles. The number of hydrogen-bond donors (Lipinski definition) is 0. The molecule has 0 spiro atoms. The zero-order valence-corrected chi connectivity index (χ0v) is 34.1. The van der Waals surface area contributed by atoms with Gasteiger partial charge in [0.1, 0.15) is 0 Å². The molecule has 8 nitrogen and oxygen atoms in total. The van der Waals surface area contributed by atoms with Crippen molar-refractivity contribution in [3.05, 3.63) is 134 Å². The van der Waals surface area contributed by atoms with Gasteiger partial charge in [0.25, 0.3) is 0 Å². The number of benzene rings is 4. The topological polar surface area (TPSA) is 119 Å². The Balaban J connectivity index is 0.000000475. The number of hydrogen-bond acceptors (Lipinski definition) is 8. The van der Waals surface area contributed by atoms with Gasteiger partial charge in [0.05, 0.1) is 22.7 Å². The van der Waals surface area contributed by atoms with Crippen LogP contribution in [-0.4, -0.2) is 23.9 Å². The number of carboxylic acids is 1. The second-order valence-corrected chi connectivity index (χ2v) is 13.2. The molecule has 0 radical (unpaired) electrons. The number of carbonyl (C=O) groups excluding carboxylic acids is 4. The molecule has 0 aromatic heterocycles. The first-order chi connectivity index (χ1) is 19.6. The minimum Gasteiger partial charge on any atom is -0.545 e. The third-order valence-electron chi connectivity index (χ3n) is 4.85. The zero-order valence-electron chi connectivity index (χ0n) is 21.5. The Morgan fingerprint density at radius 3 is 0.929 bits per heavy atom. The molecule has 0 unspecified atom stereocenters. The molecular formula is C28H16I4KO8P. The summed E-state index contributed by atoms with van der Waals surface area (Å²) < 4.78 is 18.6. The number of aromatic carboxylic acids is 1. The molecule has 0 fully saturated rings. The SMILES string of the molecule is O=C(OP(OC(=O)c1ccccc1I)OC(=O)c1ccccc1I)c1ccccc1I.O=C([O-])c1ccccc1I.[K+]. The molecule has 0 bridgehead atoms. The molecule has 0 amide bonds. The molecule has 0 aliphatic carbocycles. The molecule has 4 rings (SSSR count). The summed E-state index contributed by atoms with van der Waals surface area (Å²) in [7, 11) is -2.65. The van der Waals surface area contributed by atoms with Crippen LogP contribution in [0.3, 0.4) is 0 Å². The van der Waals surface area contributed by atoms with Crippen LogP contribution in [-0.2, 0) is 13.6 Å². The molecule has 0 atom stereocenters. The van der Waals surface area contributed by atoms with Crippen LogP contribution >= 0.6 is 99.0 Å². The average molecular weight is 1060 g/mol.